The van der Waals surface area contributed by atoms with Gasteiger partial charge in [0.25, 0.3) is 5.91 Å². The van der Waals surface area contributed by atoms with Gasteiger partial charge in [0.15, 0.2) is 6.10 Å². The highest BCUT2D eigenvalue weighted by Crippen LogP contribution is 2.26. The molecule has 1 aliphatic rings. The molecule has 0 aliphatic carbocycles. The SMILES string of the molecule is CC(Oc1ccccc1Cl)C(=O)N1CCC(C)(O)C1. The maximum atomic E-state index is 12.2. The summed E-state index contributed by atoms with van der Waals surface area (Å²) in [5.74, 6) is 0.369. The predicted octanol–water partition coefficient (Wildman–Crippen LogP) is 2.09. The van der Waals surface area contributed by atoms with Gasteiger partial charge in [0.1, 0.15) is 5.75 Å². The molecule has 1 amide bonds. The Morgan fingerprint density at radius 3 is 2.79 bits per heavy atom. The van der Waals surface area contributed by atoms with E-state index < -0.39 is 11.7 Å². The number of rotatable bonds is 3. The first-order valence-corrected chi connectivity index (χ1v) is 6.69. The van der Waals surface area contributed by atoms with Crippen LogP contribution in [0.3, 0.4) is 0 Å². The number of carbonyl (C=O) groups excluding carboxylic acids is 1. The van der Waals surface area contributed by atoms with Crippen LogP contribution in [-0.4, -0.2) is 40.7 Å². The Bertz CT molecular complexity index is 476. The van der Waals surface area contributed by atoms with Gasteiger partial charge in [-0.2, -0.15) is 0 Å². The number of hydrogen-bond donors (Lipinski definition) is 1. The van der Waals surface area contributed by atoms with Crippen molar-refractivity contribution in [3.8, 4) is 5.75 Å². The normalized spacial score (nSPS) is 24.3. The molecule has 2 rings (SSSR count). The lowest BCUT2D eigenvalue weighted by atomic mass is 10.1. The lowest BCUT2D eigenvalue weighted by Crippen LogP contribution is -2.41. The Morgan fingerprint density at radius 2 is 2.21 bits per heavy atom. The lowest BCUT2D eigenvalue weighted by molar-refractivity contribution is -0.137. The highest BCUT2D eigenvalue weighted by Gasteiger charge is 2.36. The van der Waals surface area contributed by atoms with Crippen molar-refractivity contribution in [1.82, 2.24) is 4.90 Å². The number of nitrogens with zero attached hydrogens (tertiary/aromatic N) is 1. The van der Waals surface area contributed by atoms with Crippen LogP contribution in [-0.2, 0) is 4.79 Å². The van der Waals surface area contributed by atoms with Crippen LogP contribution in [0.5, 0.6) is 5.75 Å². The van der Waals surface area contributed by atoms with Crippen molar-refractivity contribution in [2.24, 2.45) is 0 Å². The fourth-order valence-electron chi connectivity index (χ4n) is 2.17. The van der Waals surface area contributed by atoms with Crippen molar-refractivity contribution in [3.05, 3.63) is 29.3 Å². The van der Waals surface area contributed by atoms with Crippen LogP contribution in [0.25, 0.3) is 0 Å². The average Bonchev–Trinajstić information content (AvgIpc) is 2.71. The van der Waals surface area contributed by atoms with E-state index in [1.807, 2.05) is 0 Å². The molecule has 104 valence electrons. The van der Waals surface area contributed by atoms with Gasteiger partial charge >= 0.3 is 0 Å². The third kappa shape index (κ3) is 3.39. The van der Waals surface area contributed by atoms with Gasteiger partial charge < -0.3 is 14.7 Å². The molecule has 2 atom stereocenters. The lowest BCUT2D eigenvalue weighted by Gasteiger charge is -2.23. The third-order valence-corrected chi connectivity index (χ3v) is 3.56. The van der Waals surface area contributed by atoms with E-state index in [4.69, 9.17) is 16.3 Å². The molecule has 1 aromatic carbocycles. The van der Waals surface area contributed by atoms with E-state index >= 15 is 0 Å². The summed E-state index contributed by atoms with van der Waals surface area (Å²) in [5, 5.41) is 10.4. The van der Waals surface area contributed by atoms with Crippen LogP contribution in [0.2, 0.25) is 5.02 Å². The fourth-order valence-corrected chi connectivity index (χ4v) is 2.35. The number of halogens is 1. The highest BCUT2D eigenvalue weighted by atomic mass is 35.5. The molecule has 4 nitrogen and oxygen atoms in total. The van der Waals surface area contributed by atoms with Crippen molar-refractivity contribution in [2.45, 2.75) is 32.0 Å². The Balaban J connectivity index is 1.99. The van der Waals surface area contributed by atoms with Crippen molar-refractivity contribution < 1.29 is 14.6 Å². The summed E-state index contributed by atoms with van der Waals surface area (Å²) in [5.41, 5.74) is -0.792. The molecular weight excluding hydrogens is 266 g/mol. The Kier molecular flexibility index (Phi) is 4.02. The van der Waals surface area contributed by atoms with Gasteiger partial charge in [0.05, 0.1) is 10.6 Å². The van der Waals surface area contributed by atoms with Crippen LogP contribution < -0.4 is 4.74 Å². The van der Waals surface area contributed by atoms with Gasteiger partial charge in [-0.3, -0.25) is 4.79 Å². The number of carbonyl (C=O) groups is 1. The summed E-state index contributed by atoms with van der Waals surface area (Å²) in [6.45, 7) is 4.34. The fraction of sp³-hybridized carbons (Fsp3) is 0.500. The molecular formula is C14H18ClNO3. The molecule has 1 aliphatic heterocycles. The first-order chi connectivity index (χ1) is 8.89. The number of para-hydroxylation sites is 1. The summed E-state index contributed by atoms with van der Waals surface area (Å²) in [4.78, 5) is 13.8. The number of ether oxygens (including phenoxy) is 1. The van der Waals surface area contributed by atoms with E-state index in [1.54, 1.807) is 43.0 Å². The summed E-state index contributed by atoms with van der Waals surface area (Å²) in [7, 11) is 0. The van der Waals surface area contributed by atoms with Crippen LogP contribution in [0.4, 0.5) is 0 Å². The van der Waals surface area contributed by atoms with Gasteiger partial charge in [-0.25, -0.2) is 0 Å². The second-order valence-electron chi connectivity index (χ2n) is 5.20. The van der Waals surface area contributed by atoms with Gasteiger partial charge in [-0.15, -0.1) is 0 Å². The molecule has 0 aromatic heterocycles. The van der Waals surface area contributed by atoms with Gasteiger partial charge in [-0.05, 0) is 32.4 Å². The van der Waals surface area contributed by atoms with Crippen molar-refractivity contribution in [3.63, 3.8) is 0 Å². The average molecular weight is 284 g/mol. The number of hydrogen-bond acceptors (Lipinski definition) is 3. The maximum absolute atomic E-state index is 12.2. The third-order valence-electron chi connectivity index (χ3n) is 3.25. The van der Waals surface area contributed by atoms with Crippen molar-refractivity contribution >= 4 is 17.5 Å². The summed E-state index contributed by atoms with van der Waals surface area (Å²) >= 11 is 5.99. The second-order valence-corrected chi connectivity index (χ2v) is 5.60. The first kappa shape index (κ1) is 14.2. The summed E-state index contributed by atoms with van der Waals surface area (Å²) in [6, 6.07) is 7.05. The van der Waals surface area contributed by atoms with E-state index in [0.717, 1.165) is 0 Å². The monoisotopic (exact) mass is 283 g/mol. The molecule has 1 heterocycles. The van der Waals surface area contributed by atoms with Crippen molar-refractivity contribution in [2.75, 3.05) is 13.1 Å². The molecule has 2 unspecified atom stereocenters. The largest absolute Gasteiger partial charge is 0.479 e. The summed E-state index contributed by atoms with van der Waals surface area (Å²) < 4.78 is 5.58. The molecule has 0 radical (unpaired) electrons. The van der Waals surface area contributed by atoms with Crippen LogP contribution in [0, 0.1) is 0 Å². The number of likely N-dealkylation sites (tertiary alicyclic amines) is 1. The number of aliphatic hydroxyl groups is 1. The quantitative estimate of drug-likeness (QED) is 0.924. The molecule has 5 heteroatoms. The predicted molar refractivity (Wildman–Crippen MR) is 73.4 cm³/mol. The number of β-amino-alcohol motifs (C(OH)–C–C–N with tert-alkyl or cyclic N) is 1. The molecule has 19 heavy (non-hydrogen) atoms. The van der Waals surface area contributed by atoms with E-state index in [2.05, 4.69) is 0 Å². The smallest absolute Gasteiger partial charge is 0.263 e. The van der Waals surface area contributed by atoms with E-state index in [0.29, 0.717) is 30.3 Å². The molecule has 0 bridgehead atoms. The van der Waals surface area contributed by atoms with E-state index in [9.17, 15) is 9.90 Å². The van der Waals surface area contributed by atoms with Crippen molar-refractivity contribution in [1.29, 1.82) is 0 Å². The molecule has 1 saturated heterocycles. The minimum atomic E-state index is -0.792. The zero-order valence-corrected chi connectivity index (χ0v) is 11.9. The Morgan fingerprint density at radius 1 is 1.53 bits per heavy atom. The zero-order chi connectivity index (χ0) is 14.0. The van der Waals surface area contributed by atoms with Gasteiger partial charge in [-0.1, -0.05) is 23.7 Å². The molecule has 1 fully saturated rings. The topological polar surface area (TPSA) is 49.8 Å². The molecule has 1 N–H and O–H groups in total. The molecule has 1 aromatic rings. The van der Waals surface area contributed by atoms with E-state index in [-0.39, 0.29) is 5.91 Å². The zero-order valence-electron chi connectivity index (χ0n) is 11.1. The highest BCUT2D eigenvalue weighted by molar-refractivity contribution is 6.32. The van der Waals surface area contributed by atoms with Gasteiger partial charge in [0.2, 0.25) is 0 Å². The molecule has 0 spiro atoms. The van der Waals surface area contributed by atoms with Crippen LogP contribution >= 0.6 is 11.6 Å². The minimum Gasteiger partial charge on any atom is -0.479 e. The Labute approximate surface area is 117 Å². The minimum absolute atomic E-state index is 0.127. The Hall–Kier alpha value is -1.26. The number of benzene rings is 1. The molecule has 0 saturated carbocycles. The first-order valence-electron chi connectivity index (χ1n) is 6.31. The van der Waals surface area contributed by atoms with Crippen LogP contribution in [0.15, 0.2) is 24.3 Å². The van der Waals surface area contributed by atoms with Crippen LogP contribution in [0.1, 0.15) is 20.3 Å². The number of amides is 1. The summed E-state index contributed by atoms with van der Waals surface area (Å²) in [6.07, 6.45) is -0.0221. The van der Waals surface area contributed by atoms with Gasteiger partial charge in [0, 0.05) is 13.1 Å². The maximum Gasteiger partial charge on any atom is 0.263 e. The standard InChI is InChI=1S/C14H18ClNO3/c1-10(19-12-6-4-3-5-11(12)15)13(17)16-8-7-14(2,18)9-16/h3-6,10,18H,7-9H2,1-2H3. The van der Waals surface area contributed by atoms with E-state index in [1.165, 1.54) is 0 Å². The second kappa shape index (κ2) is 5.39.